The number of hydrogen-bond donors (Lipinski definition) is 1. The smallest absolute Gasteiger partial charge is 0.350 e. The van der Waals surface area contributed by atoms with Gasteiger partial charge in [0.2, 0.25) is 0 Å². The number of hydrogen-bond acceptors (Lipinski definition) is 8. The van der Waals surface area contributed by atoms with Gasteiger partial charge >= 0.3 is 5.97 Å². The lowest BCUT2D eigenvalue weighted by Crippen LogP contribution is -2.20. The van der Waals surface area contributed by atoms with Gasteiger partial charge in [-0.05, 0) is 30.7 Å². The highest BCUT2D eigenvalue weighted by Gasteiger charge is 2.18. The summed E-state index contributed by atoms with van der Waals surface area (Å²) < 4.78 is 10.6. The highest BCUT2D eigenvalue weighted by molar-refractivity contribution is 7.16. The van der Waals surface area contributed by atoms with E-state index in [4.69, 9.17) is 15.2 Å². The second-order valence-electron chi connectivity index (χ2n) is 5.48. The molecule has 138 valence electrons. The van der Waals surface area contributed by atoms with Crippen molar-refractivity contribution in [2.24, 2.45) is 5.73 Å². The fourth-order valence-corrected chi connectivity index (χ4v) is 3.09. The maximum atomic E-state index is 12.4. The molecular weight excluding hydrogens is 368 g/mol. The summed E-state index contributed by atoms with van der Waals surface area (Å²) in [4.78, 5) is 36.2. The Bertz CT molecular complexity index is 959. The lowest BCUT2D eigenvalue weighted by Gasteiger charge is -2.07. The van der Waals surface area contributed by atoms with Crippen LogP contribution in [-0.4, -0.2) is 33.4 Å². The summed E-state index contributed by atoms with van der Waals surface area (Å²) >= 11 is 1.18. The molecule has 0 aliphatic heterocycles. The fourth-order valence-electron chi connectivity index (χ4n) is 2.18. The van der Waals surface area contributed by atoms with Crippen molar-refractivity contribution in [1.29, 1.82) is 0 Å². The van der Waals surface area contributed by atoms with Gasteiger partial charge in [-0.15, -0.1) is 11.3 Å². The van der Waals surface area contributed by atoms with Crippen LogP contribution >= 0.6 is 11.3 Å². The predicted octanol–water partition coefficient (Wildman–Crippen LogP) is 2.13. The van der Waals surface area contributed by atoms with E-state index in [2.05, 4.69) is 15.0 Å². The Kier molecular flexibility index (Phi) is 5.72. The van der Waals surface area contributed by atoms with Gasteiger partial charge in [-0.2, -0.15) is 0 Å². The zero-order chi connectivity index (χ0) is 19.2. The predicted molar refractivity (Wildman–Crippen MR) is 98.1 cm³/mol. The van der Waals surface area contributed by atoms with E-state index in [1.54, 1.807) is 49.6 Å². The molecule has 0 fully saturated rings. The largest absolute Gasteiger partial charge is 0.484 e. The molecule has 0 unspecified atom stereocenters. The lowest BCUT2D eigenvalue weighted by molar-refractivity contribution is -0.119. The lowest BCUT2D eigenvalue weighted by atomic mass is 10.2. The van der Waals surface area contributed by atoms with Crippen LogP contribution in [0.2, 0.25) is 0 Å². The van der Waals surface area contributed by atoms with Crippen molar-refractivity contribution < 1.29 is 19.1 Å². The van der Waals surface area contributed by atoms with Crippen molar-refractivity contribution in [1.82, 2.24) is 15.0 Å². The van der Waals surface area contributed by atoms with Gasteiger partial charge in [0.05, 0.1) is 5.69 Å². The molecule has 2 N–H and O–H groups in total. The van der Waals surface area contributed by atoms with Crippen LogP contribution < -0.4 is 10.5 Å². The molecule has 1 amide bonds. The van der Waals surface area contributed by atoms with Gasteiger partial charge in [0.25, 0.3) is 5.91 Å². The number of thiazole rings is 1. The topological polar surface area (TPSA) is 117 Å². The average molecular weight is 384 g/mol. The first-order valence-electron chi connectivity index (χ1n) is 7.95. The molecule has 0 aliphatic carbocycles. The van der Waals surface area contributed by atoms with Crippen LogP contribution in [0.15, 0.2) is 42.7 Å². The Balaban J connectivity index is 1.65. The third-order valence-electron chi connectivity index (χ3n) is 3.39. The SMILES string of the molecule is Cc1nc(-c2ncccn2)sc1C(=O)OCc1cccc(OCC(N)=O)c1. The second-order valence-corrected chi connectivity index (χ2v) is 6.48. The number of carbonyl (C=O) groups excluding carboxylic acids is 2. The molecule has 3 aromatic rings. The van der Waals surface area contributed by atoms with E-state index in [9.17, 15) is 9.59 Å². The molecule has 3 rings (SSSR count). The maximum absolute atomic E-state index is 12.4. The summed E-state index contributed by atoms with van der Waals surface area (Å²) in [6.45, 7) is 1.58. The van der Waals surface area contributed by atoms with Gasteiger partial charge in [0.1, 0.15) is 17.2 Å². The van der Waals surface area contributed by atoms with E-state index >= 15 is 0 Å². The third-order valence-corrected chi connectivity index (χ3v) is 4.52. The van der Waals surface area contributed by atoms with Gasteiger partial charge in [-0.3, -0.25) is 4.79 Å². The first-order chi connectivity index (χ1) is 13.0. The standard InChI is InChI=1S/C18H16N4O4S/c1-11-15(27-17(22-11)16-20-6-3-7-21-16)18(24)26-9-12-4-2-5-13(8-12)25-10-14(19)23/h2-8H,9-10H2,1H3,(H2,19,23). The Morgan fingerprint density at radius 2 is 1.96 bits per heavy atom. The normalized spacial score (nSPS) is 10.4. The fraction of sp³-hybridized carbons (Fsp3) is 0.167. The number of benzene rings is 1. The molecule has 8 nitrogen and oxygen atoms in total. The maximum Gasteiger partial charge on any atom is 0.350 e. The molecule has 9 heteroatoms. The second kappa shape index (κ2) is 8.37. The van der Waals surface area contributed by atoms with Crippen LogP contribution in [0.25, 0.3) is 10.8 Å². The quantitative estimate of drug-likeness (QED) is 0.620. The summed E-state index contributed by atoms with van der Waals surface area (Å²) in [5.74, 6) is -0.106. The summed E-state index contributed by atoms with van der Waals surface area (Å²) in [5.41, 5.74) is 6.33. The van der Waals surface area contributed by atoms with E-state index in [-0.39, 0.29) is 13.2 Å². The van der Waals surface area contributed by atoms with E-state index in [0.29, 0.717) is 27.2 Å². The molecule has 0 atom stereocenters. The number of esters is 1. The van der Waals surface area contributed by atoms with Gasteiger partial charge in [0.15, 0.2) is 17.4 Å². The summed E-state index contributed by atoms with van der Waals surface area (Å²) in [5, 5.41) is 0.557. The van der Waals surface area contributed by atoms with Crippen LogP contribution in [-0.2, 0) is 16.1 Å². The van der Waals surface area contributed by atoms with E-state index in [1.807, 2.05) is 0 Å². The molecule has 1 aromatic carbocycles. The monoisotopic (exact) mass is 384 g/mol. The molecule has 2 heterocycles. The van der Waals surface area contributed by atoms with E-state index in [0.717, 1.165) is 5.56 Å². The van der Waals surface area contributed by atoms with Gasteiger partial charge < -0.3 is 15.2 Å². The molecule has 0 aliphatic rings. The molecule has 2 aromatic heterocycles. The zero-order valence-corrected chi connectivity index (χ0v) is 15.2. The van der Waals surface area contributed by atoms with Crippen molar-refractivity contribution in [3.8, 4) is 16.6 Å². The third kappa shape index (κ3) is 4.85. The number of rotatable bonds is 7. The Morgan fingerprint density at radius 1 is 1.19 bits per heavy atom. The number of aryl methyl sites for hydroxylation is 1. The van der Waals surface area contributed by atoms with Gasteiger partial charge in [-0.25, -0.2) is 19.7 Å². The van der Waals surface area contributed by atoms with E-state index < -0.39 is 11.9 Å². The first kappa shape index (κ1) is 18.5. The molecule has 27 heavy (non-hydrogen) atoms. The van der Waals surface area contributed by atoms with Crippen molar-refractivity contribution >= 4 is 23.2 Å². The van der Waals surface area contributed by atoms with Crippen molar-refractivity contribution in [2.75, 3.05) is 6.61 Å². The number of amides is 1. The minimum atomic E-state index is -0.564. The van der Waals surface area contributed by atoms with Crippen LogP contribution in [0.5, 0.6) is 5.75 Å². The van der Waals surface area contributed by atoms with Crippen LogP contribution in [0.3, 0.4) is 0 Å². The van der Waals surface area contributed by atoms with Crippen molar-refractivity contribution in [2.45, 2.75) is 13.5 Å². The number of nitrogens with two attached hydrogens (primary N) is 1. The van der Waals surface area contributed by atoms with Crippen molar-refractivity contribution in [3.05, 3.63) is 58.9 Å². The highest BCUT2D eigenvalue weighted by Crippen LogP contribution is 2.26. The van der Waals surface area contributed by atoms with Gasteiger partial charge in [-0.1, -0.05) is 12.1 Å². The molecule has 0 radical (unpaired) electrons. The molecule has 0 spiro atoms. The highest BCUT2D eigenvalue weighted by atomic mass is 32.1. The van der Waals surface area contributed by atoms with Crippen LogP contribution in [0.1, 0.15) is 20.9 Å². The minimum absolute atomic E-state index is 0.0567. The Labute approximate surface area is 159 Å². The summed E-state index contributed by atoms with van der Waals surface area (Å²) in [6, 6.07) is 8.60. The molecule has 0 saturated heterocycles. The number of carbonyl (C=O) groups is 2. The number of ether oxygens (including phenoxy) is 2. The number of nitrogens with zero attached hydrogens (tertiary/aromatic N) is 3. The summed E-state index contributed by atoms with van der Waals surface area (Å²) in [6.07, 6.45) is 3.23. The molecule has 0 bridgehead atoms. The number of primary amides is 1. The van der Waals surface area contributed by atoms with E-state index in [1.165, 1.54) is 11.3 Å². The average Bonchev–Trinajstić information content (AvgIpc) is 3.07. The first-order valence-corrected chi connectivity index (χ1v) is 8.76. The summed E-state index contributed by atoms with van der Waals surface area (Å²) in [7, 11) is 0. The minimum Gasteiger partial charge on any atom is -0.484 e. The molecule has 0 saturated carbocycles. The zero-order valence-electron chi connectivity index (χ0n) is 14.4. The molecular formula is C18H16N4O4S. The van der Waals surface area contributed by atoms with Crippen LogP contribution in [0.4, 0.5) is 0 Å². The van der Waals surface area contributed by atoms with Crippen LogP contribution in [0, 0.1) is 6.92 Å². The van der Waals surface area contributed by atoms with Crippen molar-refractivity contribution in [3.63, 3.8) is 0 Å². The number of aromatic nitrogens is 3. The Hall–Kier alpha value is -3.33. The van der Waals surface area contributed by atoms with Gasteiger partial charge in [0, 0.05) is 12.4 Å². The Morgan fingerprint density at radius 3 is 2.70 bits per heavy atom.